The Morgan fingerprint density at radius 2 is 2.22 bits per heavy atom. The van der Waals surface area contributed by atoms with Crippen molar-refractivity contribution in [3.05, 3.63) is 41.5 Å². The van der Waals surface area contributed by atoms with Crippen molar-refractivity contribution < 1.29 is 13.9 Å². The summed E-state index contributed by atoms with van der Waals surface area (Å²) in [6, 6.07) is 5.92. The van der Waals surface area contributed by atoms with Crippen LogP contribution in [0.5, 0.6) is 0 Å². The molecule has 0 unspecified atom stereocenters. The van der Waals surface area contributed by atoms with E-state index in [9.17, 15) is 9.18 Å². The van der Waals surface area contributed by atoms with Gasteiger partial charge < -0.3 is 15.0 Å². The maximum Gasteiger partial charge on any atom is 0.245 e. The standard InChI is InChI=1S/C15H17FN4O2S/c1-22-9-13-18-15(23-19-13)17-12-6-7-20(14(12)21)8-10-2-4-11(16)5-3-10/h2-5,12H,6-9H2,1H3,(H,17,18,19)/t12-/m0/s1. The van der Waals surface area contributed by atoms with Gasteiger partial charge >= 0.3 is 0 Å². The van der Waals surface area contributed by atoms with Crippen molar-refractivity contribution in [3.8, 4) is 0 Å². The number of carbonyl (C=O) groups is 1. The van der Waals surface area contributed by atoms with Crippen LogP contribution in [0.4, 0.5) is 9.52 Å². The summed E-state index contributed by atoms with van der Waals surface area (Å²) in [6.45, 7) is 1.51. The molecule has 1 aliphatic rings. The fourth-order valence-electron chi connectivity index (χ4n) is 2.49. The van der Waals surface area contributed by atoms with Crippen LogP contribution in [0.2, 0.25) is 0 Å². The van der Waals surface area contributed by atoms with Gasteiger partial charge in [-0.15, -0.1) is 0 Å². The first-order valence-corrected chi connectivity index (χ1v) is 8.04. The first-order chi connectivity index (χ1) is 11.2. The van der Waals surface area contributed by atoms with Crippen molar-refractivity contribution in [2.45, 2.75) is 25.6 Å². The topological polar surface area (TPSA) is 67.3 Å². The number of anilines is 1. The molecule has 0 aliphatic carbocycles. The summed E-state index contributed by atoms with van der Waals surface area (Å²) in [6.07, 6.45) is 0.708. The van der Waals surface area contributed by atoms with Crippen LogP contribution in [-0.4, -0.2) is 39.9 Å². The highest BCUT2D eigenvalue weighted by Gasteiger charge is 2.32. The van der Waals surface area contributed by atoms with Crippen LogP contribution in [0.1, 0.15) is 17.8 Å². The fraction of sp³-hybridized carbons (Fsp3) is 0.400. The minimum absolute atomic E-state index is 0.0258. The number of rotatable bonds is 6. The van der Waals surface area contributed by atoms with Crippen LogP contribution in [-0.2, 0) is 22.7 Å². The molecule has 8 heteroatoms. The number of likely N-dealkylation sites (tertiary alicyclic amines) is 1. The zero-order valence-corrected chi connectivity index (χ0v) is 13.5. The number of nitrogens with zero attached hydrogens (tertiary/aromatic N) is 3. The van der Waals surface area contributed by atoms with Gasteiger partial charge in [0.05, 0.1) is 0 Å². The number of hydrogen-bond acceptors (Lipinski definition) is 6. The summed E-state index contributed by atoms with van der Waals surface area (Å²) in [7, 11) is 1.59. The van der Waals surface area contributed by atoms with Gasteiger partial charge in [-0.1, -0.05) is 12.1 Å². The summed E-state index contributed by atoms with van der Waals surface area (Å²) >= 11 is 1.22. The maximum absolute atomic E-state index is 12.9. The summed E-state index contributed by atoms with van der Waals surface area (Å²) in [5.41, 5.74) is 0.915. The number of amides is 1. The van der Waals surface area contributed by atoms with Crippen molar-refractivity contribution >= 4 is 22.6 Å². The molecular formula is C15H17FN4O2S. The van der Waals surface area contributed by atoms with Gasteiger partial charge in [0.1, 0.15) is 18.5 Å². The van der Waals surface area contributed by atoms with E-state index in [2.05, 4.69) is 14.7 Å². The molecule has 1 N–H and O–H groups in total. The molecule has 6 nitrogen and oxygen atoms in total. The third kappa shape index (κ3) is 3.83. The predicted octanol–water partition coefficient (Wildman–Crippen LogP) is 2.04. The normalized spacial score (nSPS) is 17.7. The molecule has 0 radical (unpaired) electrons. The largest absolute Gasteiger partial charge is 0.377 e. The van der Waals surface area contributed by atoms with Crippen molar-refractivity contribution in [1.82, 2.24) is 14.3 Å². The highest BCUT2D eigenvalue weighted by molar-refractivity contribution is 7.09. The highest BCUT2D eigenvalue weighted by atomic mass is 32.1. The van der Waals surface area contributed by atoms with Crippen molar-refractivity contribution in [1.29, 1.82) is 0 Å². The average molecular weight is 336 g/mol. The zero-order valence-electron chi connectivity index (χ0n) is 12.7. The second-order valence-corrected chi connectivity index (χ2v) is 6.07. The van der Waals surface area contributed by atoms with Gasteiger partial charge in [-0.3, -0.25) is 4.79 Å². The molecule has 1 aromatic heterocycles. The van der Waals surface area contributed by atoms with Gasteiger partial charge in [0.2, 0.25) is 11.0 Å². The average Bonchev–Trinajstić information content (AvgIpc) is 3.12. The van der Waals surface area contributed by atoms with E-state index in [1.54, 1.807) is 24.1 Å². The van der Waals surface area contributed by atoms with Crippen LogP contribution in [0, 0.1) is 5.82 Å². The molecule has 2 heterocycles. The number of nitrogens with one attached hydrogen (secondary N) is 1. The first-order valence-electron chi connectivity index (χ1n) is 7.27. The molecule has 0 saturated carbocycles. The first kappa shape index (κ1) is 15.8. The van der Waals surface area contributed by atoms with E-state index in [0.717, 1.165) is 5.56 Å². The molecule has 1 amide bonds. The zero-order chi connectivity index (χ0) is 16.2. The van der Waals surface area contributed by atoms with Gasteiger partial charge in [-0.2, -0.15) is 4.37 Å². The summed E-state index contributed by atoms with van der Waals surface area (Å²) in [4.78, 5) is 18.5. The smallest absolute Gasteiger partial charge is 0.245 e. The lowest BCUT2D eigenvalue weighted by Gasteiger charge is -2.17. The molecule has 1 saturated heterocycles. The quantitative estimate of drug-likeness (QED) is 0.874. The molecule has 1 aliphatic heterocycles. The molecule has 1 aromatic carbocycles. The van der Waals surface area contributed by atoms with Gasteiger partial charge in [0.25, 0.3) is 0 Å². The van der Waals surface area contributed by atoms with Crippen LogP contribution in [0.25, 0.3) is 0 Å². The van der Waals surface area contributed by atoms with E-state index in [0.29, 0.717) is 37.1 Å². The number of hydrogen-bond donors (Lipinski definition) is 1. The number of methoxy groups -OCH3 is 1. The number of carbonyl (C=O) groups excluding carboxylic acids is 1. The molecule has 23 heavy (non-hydrogen) atoms. The minimum atomic E-state index is -0.293. The van der Waals surface area contributed by atoms with E-state index >= 15 is 0 Å². The van der Waals surface area contributed by atoms with Crippen LogP contribution < -0.4 is 5.32 Å². The van der Waals surface area contributed by atoms with E-state index in [1.807, 2.05) is 0 Å². The molecule has 3 rings (SSSR count). The molecule has 0 spiro atoms. The molecule has 2 aromatic rings. The number of ether oxygens (including phenoxy) is 1. The third-order valence-corrected chi connectivity index (χ3v) is 4.31. The predicted molar refractivity (Wildman–Crippen MR) is 84.5 cm³/mol. The van der Waals surface area contributed by atoms with Crippen molar-refractivity contribution in [2.75, 3.05) is 19.0 Å². The monoisotopic (exact) mass is 336 g/mol. The minimum Gasteiger partial charge on any atom is -0.377 e. The van der Waals surface area contributed by atoms with Crippen LogP contribution in [0.3, 0.4) is 0 Å². The van der Waals surface area contributed by atoms with E-state index in [1.165, 1.54) is 23.7 Å². The van der Waals surface area contributed by atoms with Gasteiger partial charge in [0.15, 0.2) is 5.82 Å². The number of benzene rings is 1. The van der Waals surface area contributed by atoms with Crippen molar-refractivity contribution in [3.63, 3.8) is 0 Å². The van der Waals surface area contributed by atoms with Crippen LogP contribution >= 0.6 is 11.5 Å². The Hall–Kier alpha value is -2.06. The SMILES string of the molecule is COCc1nsc(N[C@H]2CCN(Cc3ccc(F)cc3)C2=O)n1. The Balaban J connectivity index is 1.58. The molecule has 1 fully saturated rings. The van der Waals surface area contributed by atoms with Crippen LogP contribution in [0.15, 0.2) is 24.3 Å². The second-order valence-electron chi connectivity index (χ2n) is 5.32. The Morgan fingerprint density at radius 1 is 1.43 bits per heavy atom. The molecular weight excluding hydrogens is 319 g/mol. The van der Waals surface area contributed by atoms with E-state index in [4.69, 9.17) is 4.74 Å². The Bertz CT molecular complexity index is 676. The lowest BCUT2D eigenvalue weighted by Crippen LogP contribution is -2.33. The van der Waals surface area contributed by atoms with E-state index < -0.39 is 0 Å². The fourth-order valence-corrected chi connectivity index (χ4v) is 3.12. The Morgan fingerprint density at radius 3 is 2.96 bits per heavy atom. The maximum atomic E-state index is 12.9. The van der Waals surface area contributed by atoms with Crippen molar-refractivity contribution in [2.24, 2.45) is 0 Å². The summed E-state index contributed by atoms with van der Waals surface area (Å²) < 4.78 is 22.1. The second kappa shape index (κ2) is 7.01. The number of aromatic nitrogens is 2. The third-order valence-electron chi connectivity index (χ3n) is 3.62. The highest BCUT2D eigenvalue weighted by Crippen LogP contribution is 2.20. The lowest BCUT2D eigenvalue weighted by atomic mass is 10.2. The molecule has 0 bridgehead atoms. The molecule has 122 valence electrons. The van der Waals surface area contributed by atoms with Gasteiger partial charge in [-0.25, -0.2) is 9.37 Å². The van der Waals surface area contributed by atoms with Gasteiger partial charge in [-0.05, 0) is 24.1 Å². The summed E-state index contributed by atoms with van der Waals surface area (Å²) in [5, 5.41) is 3.76. The van der Waals surface area contributed by atoms with Gasteiger partial charge in [0, 0.05) is 31.7 Å². The summed E-state index contributed by atoms with van der Waals surface area (Å²) in [5.74, 6) is 0.357. The lowest BCUT2D eigenvalue weighted by molar-refractivity contribution is -0.128. The number of halogens is 1. The Labute approximate surface area is 137 Å². The van der Waals surface area contributed by atoms with E-state index in [-0.39, 0.29) is 17.8 Å². The molecule has 1 atom stereocenters. The Kier molecular flexibility index (Phi) is 4.82.